The Morgan fingerprint density at radius 1 is 1.37 bits per heavy atom. The van der Waals surface area contributed by atoms with E-state index in [4.69, 9.17) is 5.73 Å². The normalized spacial score (nSPS) is 19.9. The van der Waals surface area contributed by atoms with E-state index in [1.165, 1.54) is 0 Å². The predicted octanol–water partition coefficient (Wildman–Crippen LogP) is -1.07. The lowest BCUT2D eigenvalue weighted by molar-refractivity contribution is -0.657. The Bertz CT molecular complexity index is 441. The van der Waals surface area contributed by atoms with Crippen LogP contribution in [0.15, 0.2) is 30.3 Å². The third-order valence-electron chi connectivity index (χ3n) is 3.45. The summed E-state index contributed by atoms with van der Waals surface area (Å²) in [5.74, 6) is -0.576. The highest BCUT2D eigenvalue weighted by molar-refractivity contribution is 5.88. The lowest BCUT2D eigenvalue weighted by Crippen LogP contribution is -2.89. The van der Waals surface area contributed by atoms with E-state index < -0.39 is 11.9 Å². The second-order valence-corrected chi connectivity index (χ2v) is 4.93. The molecule has 0 radical (unpaired) electrons. The highest BCUT2D eigenvalue weighted by Crippen LogP contribution is 2.04. The molecule has 19 heavy (non-hydrogen) atoms. The van der Waals surface area contributed by atoms with Crippen molar-refractivity contribution in [3.8, 4) is 0 Å². The minimum absolute atomic E-state index is 0.0716. The van der Waals surface area contributed by atoms with Crippen molar-refractivity contribution in [2.75, 3.05) is 6.54 Å². The molecule has 5 heteroatoms. The number of quaternary nitrogens is 1. The van der Waals surface area contributed by atoms with Gasteiger partial charge in [-0.3, -0.25) is 9.59 Å². The first kappa shape index (κ1) is 13.5. The maximum absolute atomic E-state index is 12.0. The molecule has 2 rings (SSSR count). The highest BCUT2D eigenvalue weighted by Gasteiger charge is 2.29. The molecule has 0 aliphatic carbocycles. The van der Waals surface area contributed by atoms with Crippen LogP contribution in [0.5, 0.6) is 0 Å². The summed E-state index contributed by atoms with van der Waals surface area (Å²) in [7, 11) is 0. The van der Waals surface area contributed by atoms with Crippen LogP contribution in [0.4, 0.5) is 0 Å². The van der Waals surface area contributed by atoms with Crippen LogP contribution in [0.1, 0.15) is 18.4 Å². The third-order valence-corrected chi connectivity index (χ3v) is 3.45. The molecule has 5 nitrogen and oxygen atoms in total. The first-order valence-electron chi connectivity index (χ1n) is 6.64. The van der Waals surface area contributed by atoms with Gasteiger partial charge in [0.2, 0.25) is 5.91 Å². The number of rotatable bonds is 5. The minimum atomic E-state index is -0.635. The van der Waals surface area contributed by atoms with Crippen LogP contribution < -0.4 is 16.4 Å². The van der Waals surface area contributed by atoms with Crippen LogP contribution in [0.2, 0.25) is 0 Å². The van der Waals surface area contributed by atoms with Crippen LogP contribution in [-0.4, -0.2) is 30.4 Å². The van der Waals surface area contributed by atoms with Gasteiger partial charge in [0.1, 0.15) is 6.04 Å². The van der Waals surface area contributed by atoms with Crippen molar-refractivity contribution in [2.24, 2.45) is 5.73 Å². The number of amides is 2. The monoisotopic (exact) mass is 262 g/mol. The molecule has 2 amide bonds. The number of nitrogens with two attached hydrogens (primary N) is 2. The van der Waals surface area contributed by atoms with E-state index in [0.29, 0.717) is 6.42 Å². The van der Waals surface area contributed by atoms with E-state index in [2.05, 4.69) is 5.32 Å². The topological polar surface area (TPSA) is 88.8 Å². The van der Waals surface area contributed by atoms with E-state index in [-0.39, 0.29) is 11.9 Å². The van der Waals surface area contributed by atoms with Crippen LogP contribution in [0.25, 0.3) is 0 Å². The third kappa shape index (κ3) is 3.79. The molecule has 1 fully saturated rings. The van der Waals surface area contributed by atoms with Crippen LogP contribution >= 0.6 is 0 Å². The van der Waals surface area contributed by atoms with E-state index >= 15 is 0 Å². The molecule has 1 aromatic rings. The lowest BCUT2D eigenvalue weighted by atomic mass is 10.0. The van der Waals surface area contributed by atoms with Crippen molar-refractivity contribution >= 4 is 11.8 Å². The van der Waals surface area contributed by atoms with Crippen molar-refractivity contribution in [1.29, 1.82) is 0 Å². The molecule has 0 aromatic heterocycles. The van der Waals surface area contributed by atoms with Crippen molar-refractivity contribution in [1.82, 2.24) is 5.32 Å². The highest BCUT2D eigenvalue weighted by atomic mass is 16.2. The van der Waals surface area contributed by atoms with Crippen molar-refractivity contribution in [3.05, 3.63) is 35.9 Å². The van der Waals surface area contributed by atoms with Gasteiger partial charge in [0, 0.05) is 19.3 Å². The number of hydrogen-bond acceptors (Lipinski definition) is 2. The van der Waals surface area contributed by atoms with Gasteiger partial charge < -0.3 is 16.4 Å². The Labute approximate surface area is 112 Å². The number of primary amides is 1. The zero-order chi connectivity index (χ0) is 13.7. The second-order valence-electron chi connectivity index (χ2n) is 4.93. The van der Waals surface area contributed by atoms with Crippen LogP contribution in [0, 0.1) is 0 Å². The molecule has 0 saturated carbocycles. The number of benzene rings is 1. The number of carbonyl (C=O) groups is 2. The molecule has 102 valence electrons. The lowest BCUT2D eigenvalue weighted by Gasteiger charge is -2.17. The first-order chi connectivity index (χ1) is 9.16. The SMILES string of the molecule is NC(=O)[C@H](Cc1ccccc1)NC(=O)[C@H]1CCC[NH2+]1. The van der Waals surface area contributed by atoms with Gasteiger partial charge in [-0.2, -0.15) is 0 Å². The van der Waals surface area contributed by atoms with Crippen molar-refractivity contribution in [2.45, 2.75) is 31.3 Å². The summed E-state index contributed by atoms with van der Waals surface area (Å²) in [6, 6.07) is 8.85. The van der Waals surface area contributed by atoms with Crippen LogP contribution in [0.3, 0.4) is 0 Å². The van der Waals surface area contributed by atoms with Gasteiger partial charge in [0.15, 0.2) is 6.04 Å². The summed E-state index contributed by atoms with van der Waals surface area (Å²) >= 11 is 0. The van der Waals surface area contributed by atoms with Crippen molar-refractivity contribution < 1.29 is 14.9 Å². The zero-order valence-electron chi connectivity index (χ0n) is 10.8. The van der Waals surface area contributed by atoms with Gasteiger partial charge in [-0.25, -0.2) is 0 Å². The molecule has 1 aliphatic rings. The summed E-state index contributed by atoms with van der Waals surface area (Å²) in [5.41, 5.74) is 6.36. The standard InChI is InChI=1S/C14H19N3O2/c15-13(18)12(9-10-5-2-1-3-6-10)17-14(19)11-7-4-8-16-11/h1-3,5-6,11-12,16H,4,7-9H2,(H2,15,18)(H,17,19)/p+1/t11-,12+/m1/s1. The Kier molecular flexibility index (Phi) is 4.52. The van der Waals surface area contributed by atoms with Gasteiger partial charge in [-0.15, -0.1) is 0 Å². The van der Waals surface area contributed by atoms with Gasteiger partial charge in [-0.1, -0.05) is 30.3 Å². The summed E-state index contributed by atoms with van der Waals surface area (Å²) in [6.07, 6.45) is 2.34. The Balaban J connectivity index is 1.96. The molecule has 1 heterocycles. The van der Waals surface area contributed by atoms with Crippen LogP contribution in [-0.2, 0) is 16.0 Å². The average molecular weight is 262 g/mol. The fourth-order valence-electron chi connectivity index (χ4n) is 2.36. The number of hydrogen-bond donors (Lipinski definition) is 3. The zero-order valence-corrected chi connectivity index (χ0v) is 10.8. The molecular formula is C14H20N3O2+. The van der Waals surface area contributed by atoms with E-state index in [1.807, 2.05) is 35.6 Å². The second kappa shape index (κ2) is 6.33. The molecule has 5 N–H and O–H groups in total. The minimum Gasteiger partial charge on any atom is -0.368 e. The molecule has 1 aliphatic heterocycles. The fourth-order valence-corrected chi connectivity index (χ4v) is 2.36. The molecule has 0 bridgehead atoms. The largest absolute Gasteiger partial charge is 0.368 e. The quantitative estimate of drug-likeness (QED) is 0.630. The molecule has 0 unspecified atom stereocenters. The fraction of sp³-hybridized carbons (Fsp3) is 0.429. The van der Waals surface area contributed by atoms with Gasteiger partial charge >= 0.3 is 0 Å². The Morgan fingerprint density at radius 2 is 2.11 bits per heavy atom. The van der Waals surface area contributed by atoms with Gasteiger partial charge in [0.05, 0.1) is 6.54 Å². The summed E-state index contributed by atoms with van der Waals surface area (Å²) in [5, 5.41) is 4.77. The summed E-state index contributed by atoms with van der Waals surface area (Å²) in [4.78, 5) is 23.5. The summed E-state index contributed by atoms with van der Waals surface area (Å²) < 4.78 is 0. The van der Waals surface area contributed by atoms with E-state index in [1.54, 1.807) is 0 Å². The maximum atomic E-state index is 12.0. The van der Waals surface area contributed by atoms with E-state index in [9.17, 15) is 9.59 Å². The molecular weight excluding hydrogens is 242 g/mol. The Morgan fingerprint density at radius 3 is 2.68 bits per heavy atom. The van der Waals surface area contributed by atoms with Gasteiger partial charge in [-0.05, 0) is 5.56 Å². The Hall–Kier alpha value is -1.88. The average Bonchev–Trinajstić information content (AvgIpc) is 2.93. The molecule has 0 spiro atoms. The smallest absolute Gasteiger partial charge is 0.278 e. The molecule has 1 aromatic carbocycles. The van der Waals surface area contributed by atoms with Crippen molar-refractivity contribution in [3.63, 3.8) is 0 Å². The first-order valence-corrected chi connectivity index (χ1v) is 6.64. The number of nitrogens with one attached hydrogen (secondary N) is 1. The molecule has 1 saturated heterocycles. The molecule has 2 atom stereocenters. The van der Waals surface area contributed by atoms with E-state index in [0.717, 1.165) is 24.9 Å². The maximum Gasteiger partial charge on any atom is 0.278 e. The number of carbonyl (C=O) groups excluding carboxylic acids is 2. The summed E-state index contributed by atoms with van der Waals surface area (Å²) in [6.45, 7) is 0.970. The van der Waals surface area contributed by atoms with Gasteiger partial charge in [0.25, 0.3) is 5.91 Å². The predicted molar refractivity (Wildman–Crippen MR) is 71.1 cm³/mol.